The van der Waals surface area contributed by atoms with Gasteiger partial charge in [-0.25, -0.2) is 4.39 Å². The number of unbranched alkanes of at least 4 members (excludes halogenated alkanes) is 2. The van der Waals surface area contributed by atoms with E-state index >= 15 is 0 Å². The summed E-state index contributed by atoms with van der Waals surface area (Å²) in [5, 5.41) is 19.4. The maximum atomic E-state index is 14.4. The zero-order valence-electron chi connectivity index (χ0n) is 19.7. The van der Waals surface area contributed by atoms with Crippen LogP contribution in [0.25, 0.3) is 0 Å². The molecule has 184 valence electrons. The van der Waals surface area contributed by atoms with Crippen molar-refractivity contribution in [1.82, 2.24) is 0 Å². The fourth-order valence-electron chi connectivity index (χ4n) is 6.05. The Morgan fingerprint density at radius 1 is 1.22 bits per heavy atom. The van der Waals surface area contributed by atoms with Crippen LogP contribution in [0.4, 0.5) is 4.39 Å². The normalized spacial score (nSPS) is 33.3. The minimum absolute atomic E-state index is 0.0564. The number of hydrogen-bond donors (Lipinski definition) is 2. The van der Waals surface area contributed by atoms with Gasteiger partial charge in [-0.1, -0.05) is 32.3 Å². The summed E-state index contributed by atoms with van der Waals surface area (Å²) in [6.07, 6.45) is 11.4. The smallest absolute Gasteiger partial charge is 0.303 e. The molecule has 7 atom stereocenters. The third kappa shape index (κ3) is 7.01. The van der Waals surface area contributed by atoms with Crippen molar-refractivity contribution in [3.05, 3.63) is 11.6 Å². The zero-order chi connectivity index (χ0) is 22.9. The SMILES string of the molecule is CCCCC(F)C(O)CCC1C(OC2CCCCO2)/C(=C/CCCC(=O)O)C2CCCC21. The minimum Gasteiger partial charge on any atom is -0.481 e. The van der Waals surface area contributed by atoms with E-state index in [9.17, 15) is 14.3 Å². The van der Waals surface area contributed by atoms with E-state index in [-0.39, 0.29) is 24.7 Å². The van der Waals surface area contributed by atoms with Crippen LogP contribution in [0.3, 0.4) is 0 Å². The van der Waals surface area contributed by atoms with Gasteiger partial charge < -0.3 is 19.7 Å². The fourth-order valence-corrected chi connectivity index (χ4v) is 6.05. The molecule has 1 heterocycles. The lowest BCUT2D eigenvalue weighted by Crippen LogP contribution is -2.33. The number of aliphatic carboxylic acids is 1. The number of aliphatic hydroxyl groups excluding tert-OH is 1. The van der Waals surface area contributed by atoms with Crippen molar-refractivity contribution >= 4 is 5.97 Å². The van der Waals surface area contributed by atoms with Crippen LogP contribution in [0.1, 0.15) is 96.8 Å². The van der Waals surface area contributed by atoms with Gasteiger partial charge in [-0.15, -0.1) is 0 Å². The molecule has 5 nitrogen and oxygen atoms in total. The van der Waals surface area contributed by atoms with Crippen LogP contribution in [0.15, 0.2) is 11.6 Å². The van der Waals surface area contributed by atoms with E-state index in [1.807, 2.05) is 6.92 Å². The number of aliphatic hydroxyl groups is 1. The molecule has 2 aliphatic carbocycles. The van der Waals surface area contributed by atoms with E-state index in [1.54, 1.807) is 0 Å². The number of allylic oxidation sites excluding steroid dienone is 1. The number of alkyl halides is 1. The molecule has 2 N–H and O–H groups in total. The van der Waals surface area contributed by atoms with E-state index < -0.39 is 18.2 Å². The van der Waals surface area contributed by atoms with Gasteiger partial charge >= 0.3 is 5.97 Å². The van der Waals surface area contributed by atoms with Crippen LogP contribution in [-0.2, 0) is 14.3 Å². The second-order valence-corrected chi connectivity index (χ2v) is 10.0. The molecule has 3 fully saturated rings. The van der Waals surface area contributed by atoms with Crippen molar-refractivity contribution in [2.45, 2.75) is 121 Å². The molecule has 0 radical (unpaired) electrons. The van der Waals surface area contributed by atoms with E-state index in [0.29, 0.717) is 31.1 Å². The first-order chi connectivity index (χ1) is 15.5. The number of rotatable bonds is 13. The minimum atomic E-state index is -1.15. The van der Waals surface area contributed by atoms with Crippen LogP contribution in [0.2, 0.25) is 0 Å². The van der Waals surface area contributed by atoms with Crippen LogP contribution in [0, 0.1) is 17.8 Å². The molecule has 0 bridgehead atoms. The second kappa shape index (κ2) is 13.0. The number of hydrogen-bond acceptors (Lipinski definition) is 4. The van der Waals surface area contributed by atoms with Gasteiger partial charge in [-0.2, -0.15) is 0 Å². The Kier molecular flexibility index (Phi) is 10.5. The fraction of sp³-hybridized carbons (Fsp3) is 0.885. The molecule has 1 aliphatic heterocycles. The summed E-state index contributed by atoms with van der Waals surface area (Å²) < 4.78 is 26.8. The van der Waals surface area contributed by atoms with Gasteiger partial charge in [0, 0.05) is 13.0 Å². The van der Waals surface area contributed by atoms with Gasteiger partial charge in [0.1, 0.15) is 6.17 Å². The quantitative estimate of drug-likeness (QED) is 0.272. The number of fused-ring (bicyclic) bond motifs is 1. The molecular formula is C26H43FO5. The second-order valence-electron chi connectivity index (χ2n) is 10.0. The molecule has 32 heavy (non-hydrogen) atoms. The van der Waals surface area contributed by atoms with Gasteiger partial charge in [0.25, 0.3) is 0 Å². The highest BCUT2D eigenvalue weighted by Crippen LogP contribution is 2.54. The lowest BCUT2D eigenvalue weighted by molar-refractivity contribution is -0.189. The first-order valence-corrected chi connectivity index (χ1v) is 13.0. The van der Waals surface area contributed by atoms with E-state index in [0.717, 1.165) is 64.4 Å². The van der Waals surface area contributed by atoms with Gasteiger partial charge in [0.15, 0.2) is 6.29 Å². The van der Waals surface area contributed by atoms with Gasteiger partial charge in [0.05, 0.1) is 12.2 Å². The van der Waals surface area contributed by atoms with Gasteiger partial charge in [0.2, 0.25) is 0 Å². The van der Waals surface area contributed by atoms with E-state index in [4.69, 9.17) is 14.6 Å². The molecule has 3 rings (SSSR count). The van der Waals surface area contributed by atoms with Crippen molar-refractivity contribution in [3.8, 4) is 0 Å². The maximum Gasteiger partial charge on any atom is 0.303 e. The predicted molar refractivity (Wildman–Crippen MR) is 122 cm³/mol. The summed E-state index contributed by atoms with van der Waals surface area (Å²) in [6, 6.07) is 0. The third-order valence-corrected chi connectivity index (χ3v) is 7.72. The Morgan fingerprint density at radius 3 is 2.78 bits per heavy atom. The Bertz CT molecular complexity index is 603. The Morgan fingerprint density at radius 2 is 2.06 bits per heavy atom. The highest BCUT2D eigenvalue weighted by molar-refractivity contribution is 5.66. The number of carboxylic acids is 1. The molecule has 3 aliphatic rings. The lowest BCUT2D eigenvalue weighted by atomic mass is 9.86. The maximum absolute atomic E-state index is 14.4. The number of ether oxygens (including phenoxy) is 2. The summed E-state index contributed by atoms with van der Waals surface area (Å²) in [5.74, 6) is 0.492. The standard InChI is InChI=1S/C26H43FO5/c1-2-3-12-22(27)23(28)16-15-21-19-11-8-10-18(19)20(9-4-5-13-24(29)30)26(21)32-25-14-6-7-17-31-25/h9,18-19,21-23,25-26,28H,2-8,10-17H2,1H3,(H,29,30)/b20-9+. The van der Waals surface area contributed by atoms with Crippen molar-refractivity contribution < 1.29 is 28.9 Å². The number of halogens is 1. The first-order valence-electron chi connectivity index (χ1n) is 13.0. The summed E-state index contributed by atoms with van der Waals surface area (Å²) >= 11 is 0. The molecule has 0 aromatic heterocycles. The lowest BCUT2D eigenvalue weighted by Gasteiger charge is -2.31. The highest BCUT2D eigenvalue weighted by atomic mass is 19.1. The van der Waals surface area contributed by atoms with Crippen LogP contribution < -0.4 is 0 Å². The monoisotopic (exact) mass is 454 g/mol. The molecule has 1 saturated heterocycles. The summed E-state index contributed by atoms with van der Waals surface area (Å²) in [4.78, 5) is 10.9. The molecule has 0 spiro atoms. The van der Waals surface area contributed by atoms with Gasteiger partial charge in [-0.3, -0.25) is 4.79 Å². The Balaban J connectivity index is 1.69. The molecular weight excluding hydrogens is 411 g/mol. The van der Waals surface area contributed by atoms with Crippen molar-refractivity contribution in [1.29, 1.82) is 0 Å². The van der Waals surface area contributed by atoms with E-state index in [2.05, 4.69) is 6.08 Å². The number of carbonyl (C=O) groups is 1. The van der Waals surface area contributed by atoms with Crippen LogP contribution in [0.5, 0.6) is 0 Å². The van der Waals surface area contributed by atoms with Crippen molar-refractivity contribution in [2.24, 2.45) is 17.8 Å². The molecule has 0 aromatic carbocycles. The predicted octanol–water partition coefficient (Wildman–Crippen LogP) is 5.80. The third-order valence-electron chi connectivity index (χ3n) is 7.72. The summed E-state index contributed by atoms with van der Waals surface area (Å²) in [6.45, 7) is 2.77. The summed E-state index contributed by atoms with van der Waals surface area (Å²) in [7, 11) is 0. The first kappa shape index (κ1) is 25.6. The average molecular weight is 455 g/mol. The topological polar surface area (TPSA) is 76.0 Å². The van der Waals surface area contributed by atoms with E-state index in [1.165, 1.54) is 12.0 Å². The zero-order valence-corrected chi connectivity index (χ0v) is 19.7. The molecule has 7 unspecified atom stereocenters. The van der Waals surface area contributed by atoms with Crippen LogP contribution >= 0.6 is 0 Å². The molecule has 6 heteroatoms. The molecule has 0 aromatic rings. The number of carboxylic acid groups (broad SMARTS) is 1. The van der Waals surface area contributed by atoms with Gasteiger partial charge in [-0.05, 0) is 87.5 Å². The summed E-state index contributed by atoms with van der Waals surface area (Å²) in [5.41, 5.74) is 1.31. The average Bonchev–Trinajstić information content (AvgIpc) is 3.35. The molecule has 2 saturated carbocycles. The largest absolute Gasteiger partial charge is 0.481 e. The highest BCUT2D eigenvalue weighted by Gasteiger charge is 2.49. The van der Waals surface area contributed by atoms with Crippen molar-refractivity contribution in [3.63, 3.8) is 0 Å². The molecule has 0 amide bonds. The van der Waals surface area contributed by atoms with Crippen LogP contribution in [-0.4, -0.2) is 47.5 Å². The van der Waals surface area contributed by atoms with Crippen molar-refractivity contribution in [2.75, 3.05) is 6.61 Å². The Hall–Kier alpha value is -0.980. The Labute approximate surface area is 192 Å².